The summed E-state index contributed by atoms with van der Waals surface area (Å²) in [6.45, 7) is 0.661. The van der Waals surface area contributed by atoms with Crippen LogP contribution in [0.5, 0.6) is 0 Å². The van der Waals surface area contributed by atoms with Crippen LogP contribution >= 0.6 is 11.6 Å². The molecule has 1 aromatic heterocycles. The van der Waals surface area contributed by atoms with E-state index in [0.29, 0.717) is 22.9 Å². The Morgan fingerprint density at radius 3 is 2.83 bits per heavy atom. The predicted octanol–water partition coefficient (Wildman–Crippen LogP) is 5.62. The van der Waals surface area contributed by atoms with Crippen LogP contribution in [0.2, 0.25) is 5.02 Å². The SMILES string of the molecule is Fc1ccc2cc3c(cnn3C3CCCCO3)c(Cl)c2c1C(F)F. The lowest BCUT2D eigenvalue weighted by Gasteiger charge is -2.23. The molecule has 2 aromatic carbocycles. The van der Waals surface area contributed by atoms with E-state index in [1.165, 1.54) is 12.3 Å². The second-order valence-corrected chi connectivity index (χ2v) is 6.27. The van der Waals surface area contributed by atoms with Gasteiger partial charge in [-0.05, 0) is 36.8 Å². The van der Waals surface area contributed by atoms with Crippen molar-refractivity contribution in [3.8, 4) is 0 Å². The van der Waals surface area contributed by atoms with E-state index in [1.807, 2.05) is 0 Å². The molecular weight excluding hydrogens is 341 g/mol. The summed E-state index contributed by atoms with van der Waals surface area (Å²) in [5, 5.41) is 5.45. The first-order valence-electron chi connectivity index (χ1n) is 7.75. The van der Waals surface area contributed by atoms with Crippen molar-refractivity contribution in [2.75, 3.05) is 6.61 Å². The van der Waals surface area contributed by atoms with Crippen LogP contribution in [-0.2, 0) is 4.74 Å². The molecule has 7 heteroatoms. The average molecular weight is 355 g/mol. The number of rotatable bonds is 2. The molecule has 1 fully saturated rings. The number of benzene rings is 2. The Morgan fingerprint density at radius 1 is 1.29 bits per heavy atom. The van der Waals surface area contributed by atoms with Crippen molar-refractivity contribution in [1.82, 2.24) is 9.78 Å². The van der Waals surface area contributed by atoms with Gasteiger partial charge in [-0.2, -0.15) is 5.10 Å². The number of nitrogens with zero attached hydrogens (tertiary/aromatic N) is 2. The van der Waals surface area contributed by atoms with E-state index in [1.54, 1.807) is 10.7 Å². The Bertz CT molecular complexity index is 919. The number of fused-ring (bicyclic) bond motifs is 2. The first-order valence-corrected chi connectivity index (χ1v) is 8.13. The molecule has 3 nitrogen and oxygen atoms in total. The zero-order valence-corrected chi connectivity index (χ0v) is 13.4. The maximum absolute atomic E-state index is 13.9. The molecule has 0 spiro atoms. The number of hydrogen-bond donors (Lipinski definition) is 0. The number of aromatic nitrogens is 2. The fourth-order valence-corrected chi connectivity index (χ4v) is 3.66. The third kappa shape index (κ3) is 2.36. The molecule has 1 atom stereocenters. The predicted molar refractivity (Wildman–Crippen MR) is 86.0 cm³/mol. The average Bonchev–Trinajstić information content (AvgIpc) is 3.00. The fraction of sp³-hybridized carbons (Fsp3) is 0.353. The molecule has 0 radical (unpaired) electrons. The summed E-state index contributed by atoms with van der Waals surface area (Å²) in [5.74, 6) is -0.957. The molecule has 0 saturated carbocycles. The summed E-state index contributed by atoms with van der Waals surface area (Å²) in [6, 6.07) is 4.22. The van der Waals surface area contributed by atoms with Crippen molar-refractivity contribution in [3.63, 3.8) is 0 Å². The highest BCUT2D eigenvalue weighted by atomic mass is 35.5. The smallest absolute Gasteiger partial charge is 0.267 e. The van der Waals surface area contributed by atoms with Gasteiger partial charge in [-0.1, -0.05) is 17.7 Å². The Morgan fingerprint density at radius 2 is 2.12 bits per heavy atom. The summed E-state index contributed by atoms with van der Waals surface area (Å²) in [7, 11) is 0. The minimum Gasteiger partial charge on any atom is -0.356 e. The van der Waals surface area contributed by atoms with E-state index in [0.717, 1.165) is 25.3 Å². The molecule has 1 aliphatic rings. The van der Waals surface area contributed by atoms with Crippen molar-refractivity contribution in [1.29, 1.82) is 0 Å². The fourth-order valence-electron chi connectivity index (χ4n) is 3.30. The van der Waals surface area contributed by atoms with Crippen molar-refractivity contribution in [3.05, 3.63) is 40.8 Å². The van der Waals surface area contributed by atoms with Gasteiger partial charge in [-0.15, -0.1) is 0 Å². The topological polar surface area (TPSA) is 27.1 Å². The Hall–Kier alpha value is -1.79. The zero-order valence-electron chi connectivity index (χ0n) is 12.6. The lowest BCUT2D eigenvalue weighted by atomic mass is 10.0. The molecule has 0 aliphatic carbocycles. The van der Waals surface area contributed by atoms with Gasteiger partial charge in [0.1, 0.15) is 5.82 Å². The van der Waals surface area contributed by atoms with Gasteiger partial charge in [0.15, 0.2) is 6.23 Å². The maximum Gasteiger partial charge on any atom is 0.267 e. The van der Waals surface area contributed by atoms with Crippen LogP contribution in [0.4, 0.5) is 13.2 Å². The van der Waals surface area contributed by atoms with Gasteiger partial charge in [0.25, 0.3) is 6.43 Å². The highest BCUT2D eigenvalue weighted by Gasteiger charge is 2.24. The van der Waals surface area contributed by atoms with E-state index < -0.39 is 17.8 Å². The Labute approximate surface area is 140 Å². The van der Waals surface area contributed by atoms with Gasteiger partial charge in [0, 0.05) is 17.4 Å². The number of hydrogen-bond acceptors (Lipinski definition) is 2. The molecule has 0 amide bonds. The van der Waals surface area contributed by atoms with Gasteiger partial charge < -0.3 is 4.74 Å². The van der Waals surface area contributed by atoms with Gasteiger partial charge in [0.05, 0.1) is 22.3 Å². The van der Waals surface area contributed by atoms with E-state index in [9.17, 15) is 13.2 Å². The van der Waals surface area contributed by atoms with Gasteiger partial charge in [-0.25, -0.2) is 17.9 Å². The van der Waals surface area contributed by atoms with Crippen molar-refractivity contribution in [2.45, 2.75) is 31.9 Å². The first-order chi connectivity index (χ1) is 11.6. The highest BCUT2D eigenvalue weighted by Crippen LogP contribution is 2.40. The Kier molecular flexibility index (Phi) is 3.89. The second kappa shape index (κ2) is 5.93. The van der Waals surface area contributed by atoms with Crippen LogP contribution < -0.4 is 0 Å². The normalized spacial score (nSPS) is 18.8. The van der Waals surface area contributed by atoms with E-state index in [2.05, 4.69) is 5.10 Å². The molecule has 2 heterocycles. The van der Waals surface area contributed by atoms with Gasteiger partial charge >= 0.3 is 0 Å². The van der Waals surface area contributed by atoms with Crippen LogP contribution in [0.3, 0.4) is 0 Å². The van der Waals surface area contributed by atoms with Crippen molar-refractivity contribution >= 4 is 33.3 Å². The van der Waals surface area contributed by atoms with Crippen LogP contribution in [0, 0.1) is 5.82 Å². The van der Waals surface area contributed by atoms with Gasteiger partial charge in [0.2, 0.25) is 0 Å². The third-order valence-corrected chi connectivity index (χ3v) is 4.85. The first kappa shape index (κ1) is 15.7. The van der Waals surface area contributed by atoms with Crippen LogP contribution in [0.15, 0.2) is 24.4 Å². The monoisotopic (exact) mass is 354 g/mol. The van der Waals surface area contributed by atoms with E-state index >= 15 is 0 Å². The van der Waals surface area contributed by atoms with Gasteiger partial charge in [-0.3, -0.25) is 0 Å². The lowest BCUT2D eigenvalue weighted by Crippen LogP contribution is -2.18. The standard InChI is InChI=1S/C17H14ClF3N2O/c18-16-10-8-22-23(13-3-1-2-6-24-13)12(10)7-9-4-5-11(19)15(14(9)16)17(20)21/h4-5,7-8,13,17H,1-3,6H2. The largest absolute Gasteiger partial charge is 0.356 e. The molecule has 126 valence electrons. The minimum atomic E-state index is -2.94. The molecule has 4 rings (SSSR count). The van der Waals surface area contributed by atoms with Crippen LogP contribution in [-0.4, -0.2) is 16.4 Å². The molecule has 1 unspecified atom stereocenters. The Balaban J connectivity index is 1.99. The second-order valence-electron chi connectivity index (χ2n) is 5.89. The molecule has 0 N–H and O–H groups in total. The minimum absolute atomic E-state index is 0.0447. The third-order valence-electron chi connectivity index (χ3n) is 4.45. The number of alkyl halides is 2. The van der Waals surface area contributed by atoms with E-state index in [-0.39, 0.29) is 16.6 Å². The quantitative estimate of drug-likeness (QED) is 0.597. The molecule has 1 saturated heterocycles. The summed E-state index contributed by atoms with van der Waals surface area (Å²) >= 11 is 6.35. The van der Waals surface area contributed by atoms with Crippen molar-refractivity contribution in [2.24, 2.45) is 0 Å². The summed E-state index contributed by atoms with van der Waals surface area (Å²) in [6.07, 6.45) is 1.26. The molecule has 1 aliphatic heterocycles. The molecular formula is C17H14ClF3N2O. The summed E-state index contributed by atoms with van der Waals surface area (Å²) in [4.78, 5) is 0. The van der Waals surface area contributed by atoms with Crippen LogP contribution in [0.25, 0.3) is 21.7 Å². The summed E-state index contributed by atoms with van der Waals surface area (Å²) in [5.41, 5.74) is 0.0345. The van der Waals surface area contributed by atoms with E-state index in [4.69, 9.17) is 16.3 Å². The number of halogens is 4. The maximum atomic E-state index is 13.9. The molecule has 24 heavy (non-hydrogen) atoms. The molecule has 0 bridgehead atoms. The molecule has 3 aromatic rings. The lowest BCUT2D eigenvalue weighted by molar-refractivity contribution is -0.0366. The zero-order chi connectivity index (χ0) is 16.8. The number of ether oxygens (including phenoxy) is 1. The van der Waals surface area contributed by atoms with Crippen molar-refractivity contribution < 1.29 is 17.9 Å². The summed E-state index contributed by atoms with van der Waals surface area (Å²) < 4.78 is 47.9. The van der Waals surface area contributed by atoms with Crippen LogP contribution in [0.1, 0.15) is 37.5 Å². The highest BCUT2D eigenvalue weighted by molar-refractivity contribution is 6.41.